The monoisotopic (exact) mass is 522 g/mol. The molecule has 0 fully saturated rings. The van der Waals surface area contributed by atoms with Gasteiger partial charge in [0.05, 0.1) is 28.3 Å². The molecule has 0 saturated carbocycles. The molecule has 3 aromatic heterocycles. The second-order valence-electron chi connectivity index (χ2n) is 10.9. The Labute approximate surface area is 236 Å². The molecular weight excluding hydrogens is 488 g/mol. The molecule has 2 aliphatic rings. The molecule has 0 saturated heterocycles. The largest absolute Gasteiger partial charge is 0.355 e. The molecular formula is C36H34N4. The Morgan fingerprint density at radius 3 is 2.15 bits per heavy atom. The molecule has 5 heterocycles. The summed E-state index contributed by atoms with van der Waals surface area (Å²) in [5.41, 5.74) is 19.7. The van der Waals surface area contributed by atoms with Crippen molar-refractivity contribution < 1.29 is 0 Å². The summed E-state index contributed by atoms with van der Waals surface area (Å²) in [5.74, 6) is 2.74. The lowest BCUT2D eigenvalue weighted by molar-refractivity contribution is 1.21. The number of hydrogen-bond acceptors (Lipinski definition) is 2. The van der Waals surface area contributed by atoms with Crippen LogP contribution in [0.1, 0.15) is 79.1 Å². The van der Waals surface area contributed by atoms with Gasteiger partial charge in [-0.25, -0.2) is 9.97 Å². The van der Waals surface area contributed by atoms with Gasteiger partial charge in [0.25, 0.3) is 0 Å². The summed E-state index contributed by atoms with van der Waals surface area (Å²) in [6.07, 6.45) is 6.61. The van der Waals surface area contributed by atoms with E-state index in [4.69, 9.17) is 16.4 Å². The molecule has 0 spiro atoms. The van der Waals surface area contributed by atoms with Crippen molar-refractivity contribution in [2.24, 2.45) is 0 Å². The van der Waals surface area contributed by atoms with Crippen LogP contribution in [0.5, 0.6) is 0 Å². The first-order valence-corrected chi connectivity index (χ1v) is 13.9. The third-order valence-electron chi connectivity index (χ3n) is 8.63. The van der Waals surface area contributed by atoms with Crippen LogP contribution >= 0.6 is 0 Å². The average molecular weight is 523 g/mol. The van der Waals surface area contributed by atoms with Gasteiger partial charge in [-0.3, -0.25) is 0 Å². The number of fused-ring (bicyclic) bond motifs is 8. The van der Waals surface area contributed by atoms with Gasteiger partial charge in [-0.05, 0) is 129 Å². The van der Waals surface area contributed by atoms with Gasteiger partial charge in [0.1, 0.15) is 0 Å². The second-order valence-corrected chi connectivity index (χ2v) is 10.9. The third kappa shape index (κ3) is 4.01. The predicted molar refractivity (Wildman–Crippen MR) is 170 cm³/mol. The van der Waals surface area contributed by atoms with E-state index in [1.54, 1.807) is 0 Å². The summed E-state index contributed by atoms with van der Waals surface area (Å²) >= 11 is 0. The molecule has 6 rings (SSSR count). The van der Waals surface area contributed by atoms with Crippen LogP contribution < -0.4 is 0 Å². The molecule has 4 nitrogen and oxygen atoms in total. The van der Waals surface area contributed by atoms with Crippen molar-refractivity contribution in [1.82, 2.24) is 19.9 Å². The van der Waals surface area contributed by atoms with E-state index < -0.39 is 0 Å². The van der Waals surface area contributed by atoms with Crippen LogP contribution in [0.3, 0.4) is 0 Å². The van der Waals surface area contributed by atoms with Gasteiger partial charge in [-0.2, -0.15) is 0 Å². The van der Waals surface area contributed by atoms with E-state index in [0.717, 1.165) is 68.0 Å². The summed E-state index contributed by atoms with van der Waals surface area (Å²) in [5, 5.41) is 0. The molecule has 2 aliphatic heterocycles. The molecule has 8 bridgehead atoms. The highest BCUT2D eigenvalue weighted by molar-refractivity contribution is 6.01. The van der Waals surface area contributed by atoms with Gasteiger partial charge in [-0.15, -0.1) is 6.42 Å². The van der Waals surface area contributed by atoms with Gasteiger partial charge in [0.2, 0.25) is 0 Å². The minimum Gasteiger partial charge on any atom is -0.355 e. The van der Waals surface area contributed by atoms with Gasteiger partial charge >= 0.3 is 0 Å². The van der Waals surface area contributed by atoms with Gasteiger partial charge in [0.15, 0.2) is 0 Å². The fraction of sp³-hybridized carbons (Fsp3) is 0.222. The molecule has 0 radical (unpaired) electrons. The maximum atomic E-state index is 5.69. The molecule has 4 heteroatoms. The van der Waals surface area contributed by atoms with Crippen molar-refractivity contribution in [3.63, 3.8) is 0 Å². The van der Waals surface area contributed by atoms with Crippen LogP contribution in [-0.4, -0.2) is 19.9 Å². The molecule has 40 heavy (non-hydrogen) atoms. The minimum atomic E-state index is 0.860. The normalized spacial score (nSPS) is 13.2. The summed E-state index contributed by atoms with van der Waals surface area (Å²) in [4.78, 5) is 17.8. The number of terminal acetylenes is 1. The highest BCUT2D eigenvalue weighted by Crippen LogP contribution is 2.40. The zero-order valence-electron chi connectivity index (χ0n) is 24.3. The number of aryl methyl sites for hydroxylation is 3. The lowest BCUT2D eigenvalue weighted by Crippen LogP contribution is -1.90. The van der Waals surface area contributed by atoms with E-state index in [1.807, 2.05) is 12.1 Å². The van der Waals surface area contributed by atoms with Crippen molar-refractivity contribution in [1.29, 1.82) is 0 Å². The SMILES string of the molecule is C#Cc1ccc(-c2c3nc(cc4nc(cc5cc(C)c(cc6[nH]c2c(C)c6C)[nH]5)C(CC)=C4C)C(C)=C3C)cc1. The first-order valence-electron chi connectivity index (χ1n) is 13.9. The van der Waals surface area contributed by atoms with E-state index in [1.165, 1.54) is 39.0 Å². The van der Waals surface area contributed by atoms with Crippen LogP contribution in [0.4, 0.5) is 0 Å². The maximum absolute atomic E-state index is 5.69. The van der Waals surface area contributed by atoms with E-state index in [-0.39, 0.29) is 0 Å². The van der Waals surface area contributed by atoms with Crippen LogP contribution in [0.25, 0.3) is 55.5 Å². The molecule has 198 valence electrons. The van der Waals surface area contributed by atoms with Crippen molar-refractivity contribution in [2.45, 2.75) is 54.9 Å². The smallest absolute Gasteiger partial charge is 0.0768 e. The number of nitrogens with one attached hydrogen (secondary N) is 2. The van der Waals surface area contributed by atoms with Crippen LogP contribution in [-0.2, 0) is 0 Å². The van der Waals surface area contributed by atoms with Gasteiger partial charge in [0, 0.05) is 27.7 Å². The first kappa shape index (κ1) is 25.6. The summed E-state index contributed by atoms with van der Waals surface area (Å²) < 4.78 is 0. The Morgan fingerprint density at radius 2 is 1.45 bits per heavy atom. The Hall–Kier alpha value is -4.62. The van der Waals surface area contributed by atoms with Crippen molar-refractivity contribution >= 4 is 44.4 Å². The fourth-order valence-electron chi connectivity index (χ4n) is 5.86. The lowest BCUT2D eigenvalue weighted by atomic mass is 9.96. The number of allylic oxidation sites excluding steroid dienone is 4. The predicted octanol–water partition coefficient (Wildman–Crippen LogP) is 9.18. The number of nitrogens with zero attached hydrogens (tertiary/aromatic N) is 2. The quantitative estimate of drug-likeness (QED) is 0.258. The highest BCUT2D eigenvalue weighted by Gasteiger charge is 2.22. The summed E-state index contributed by atoms with van der Waals surface area (Å²) in [6.45, 7) is 15.2. The van der Waals surface area contributed by atoms with Gasteiger partial charge < -0.3 is 9.97 Å². The number of aromatic amines is 2. The third-order valence-corrected chi connectivity index (χ3v) is 8.63. The van der Waals surface area contributed by atoms with E-state index in [0.29, 0.717) is 0 Å². The Bertz CT molecular complexity index is 1980. The zero-order chi connectivity index (χ0) is 28.3. The van der Waals surface area contributed by atoms with E-state index in [9.17, 15) is 0 Å². The van der Waals surface area contributed by atoms with Crippen molar-refractivity contribution in [3.8, 4) is 23.5 Å². The number of aromatic nitrogens is 4. The highest BCUT2D eigenvalue weighted by atomic mass is 14.8. The van der Waals surface area contributed by atoms with Crippen LogP contribution in [0.2, 0.25) is 0 Å². The van der Waals surface area contributed by atoms with Crippen LogP contribution in [0, 0.1) is 33.1 Å². The topological polar surface area (TPSA) is 57.4 Å². The van der Waals surface area contributed by atoms with Crippen molar-refractivity contribution in [2.75, 3.05) is 0 Å². The molecule has 4 aromatic rings. The summed E-state index contributed by atoms with van der Waals surface area (Å²) in [7, 11) is 0. The van der Waals surface area contributed by atoms with Crippen LogP contribution in [0.15, 0.2) is 48.5 Å². The standard InChI is InChI=1S/C36H34N4/c1-9-25-11-13-26(14-12-25)34-35-22(6)20(4)30(39-35)17-29-19(3)15-27(37-29)16-33-28(10-2)24(8)32(38-33)18-31-21(5)23(7)36(34)40-31/h1,11-18,37,39H,10H2,2-8H3. The molecule has 2 N–H and O–H groups in total. The Balaban J connectivity index is 1.83. The molecule has 0 amide bonds. The average Bonchev–Trinajstić information content (AvgIpc) is 3.62. The molecule has 0 aliphatic carbocycles. The molecule has 0 atom stereocenters. The first-order chi connectivity index (χ1) is 19.2. The van der Waals surface area contributed by atoms with Crippen molar-refractivity contribution in [3.05, 3.63) is 93.6 Å². The maximum Gasteiger partial charge on any atom is 0.0768 e. The minimum absolute atomic E-state index is 0.860. The second kappa shape index (κ2) is 9.54. The number of hydrogen-bond donors (Lipinski definition) is 2. The van der Waals surface area contributed by atoms with Gasteiger partial charge in [-0.1, -0.05) is 25.0 Å². The Kier molecular flexibility index (Phi) is 6.11. The van der Waals surface area contributed by atoms with E-state index >= 15 is 0 Å². The molecule has 0 unspecified atom stereocenters. The number of H-pyrrole nitrogens is 2. The lowest BCUT2D eigenvalue weighted by Gasteiger charge is -2.08. The fourth-order valence-corrected chi connectivity index (χ4v) is 5.86. The zero-order valence-corrected chi connectivity index (χ0v) is 24.3. The van der Waals surface area contributed by atoms with E-state index in [2.05, 4.69) is 101 Å². The number of benzene rings is 1. The summed E-state index contributed by atoms with van der Waals surface area (Å²) in [6, 6.07) is 17.0. The number of rotatable bonds is 2. The Morgan fingerprint density at radius 1 is 0.725 bits per heavy atom. The molecule has 1 aromatic carbocycles.